The van der Waals surface area contributed by atoms with Crippen molar-refractivity contribution in [2.24, 2.45) is 0 Å². The summed E-state index contributed by atoms with van der Waals surface area (Å²) in [6, 6.07) is 11.3. The number of benzene rings is 3. The Labute approximate surface area is 270 Å². The van der Waals surface area contributed by atoms with Crippen molar-refractivity contribution in [1.29, 1.82) is 0 Å². The molecule has 5 aromatic rings. The first kappa shape index (κ1) is 32.6. The van der Waals surface area contributed by atoms with E-state index in [4.69, 9.17) is 27.9 Å². The molecule has 2 heterocycles. The highest BCUT2D eigenvalue weighted by atomic mass is 35.5. The summed E-state index contributed by atoms with van der Waals surface area (Å²) in [7, 11) is 1.45. The molecule has 1 atom stereocenters. The van der Waals surface area contributed by atoms with Gasteiger partial charge in [-0.3, -0.25) is 4.79 Å². The maximum atomic E-state index is 16.0. The Kier molecular flexibility index (Phi) is 8.87. The number of amides is 1. The fourth-order valence-electron chi connectivity index (χ4n) is 4.87. The lowest BCUT2D eigenvalue weighted by molar-refractivity contribution is 0.0624. The topological polar surface area (TPSA) is 105 Å². The first-order chi connectivity index (χ1) is 21.1. The molecule has 0 saturated carbocycles. The second kappa shape index (κ2) is 12.2. The number of methoxy groups -OCH3 is 1. The molecular formula is C32H26Cl2F3N3O4S. The molecule has 0 aliphatic rings. The quantitative estimate of drug-likeness (QED) is 0.149. The van der Waals surface area contributed by atoms with Gasteiger partial charge in [0.05, 0.1) is 44.7 Å². The number of aromatic nitrogens is 2. The van der Waals surface area contributed by atoms with Crippen LogP contribution in [0, 0.1) is 24.4 Å². The molecule has 45 heavy (non-hydrogen) atoms. The molecule has 1 amide bonds. The lowest BCUT2D eigenvalue weighted by Crippen LogP contribution is -2.43. The monoisotopic (exact) mass is 675 g/mol. The number of carbonyl (C=O) groups excluding carboxylic acids is 1. The number of nitrogens with zero attached hydrogens (tertiary/aromatic N) is 2. The fraction of sp³-hybridized carbons (Fsp3) is 0.219. The van der Waals surface area contributed by atoms with Gasteiger partial charge in [0.15, 0.2) is 5.82 Å². The van der Waals surface area contributed by atoms with Crippen molar-refractivity contribution in [3.8, 4) is 17.0 Å². The third-order valence-electron chi connectivity index (χ3n) is 7.19. The maximum Gasteiger partial charge on any atom is 0.251 e. The minimum Gasteiger partial charge on any atom is -0.494 e. The van der Waals surface area contributed by atoms with E-state index in [2.05, 4.69) is 15.3 Å². The van der Waals surface area contributed by atoms with E-state index in [1.165, 1.54) is 50.5 Å². The van der Waals surface area contributed by atoms with Crippen LogP contribution in [-0.4, -0.2) is 39.7 Å². The molecule has 3 N–H and O–H groups in total. The molecule has 0 radical (unpaired) electrons. The van der Waals surface area contributed by atoms with Crippen LogP contribution in [0.25, 0.3) is 21.5 Å². The molecule has 0 fully saturated rings. The molecule has 0 saturated heterocycles. The number of hydrogen-bond donors (Lipinski definition) is 3. The summed E-state index contributed by atoms with van der Waals surface area (Å²) >= 11 is 13.7. The van der Waals surface area contributed by atoms with Crippen LogP contribution in [0.2, 0.25) is 10.0 Å². The highest BCUT2D eigenvalue weighted by Gasteiger charge is 2.38. The molecule has 13 heteroatoms. The van der Waals surface area contributed by atoms with Crippen LogP contribution in [0.1, 0.15) is 46.0 Å². The summed E-state index contributed by atoms with van der Waals surface area (Å²) in [6.45, 7) is 3.87. The van der Waals surface area contributed by atoms with E-state index in [-0.39, 0.29) is 33.0 Å². The number of thiazole rings is 1. The summed E-state index contributed by atoms with van der Waals surface area (Å²) in [5, 5.41) is 25.8. The number of fused-ring (bicyclic) bond motifs is 1. The second-order valence-corrected chi connectivity index (χ2v) is 12.8. The third-order valence-corrected chi connectivity index (χ3v) is 8.96. The van der Waals surface area contributed by atoms with E-state index in [9.17, 15) is 23.8 Å². The van der Waals surface area contributed by atoms with Gasteiger partial charge in [0.1, 0.15) is 34.2 Å². The molecule has 0 spiro atoms. The Bertz CT molecular complexity index is 1970. The Morgan fingerprint density at radius 3 is 2.42 bits per heavy atom. The number of ether oxygens (including phenoxy) is 1. The van der Waals surface area contributed by atoms with Crippen molar-refractivity contribution in [2.45, 2.75) is 32.0 Å². The average molecular weight is 677 g/mol. The second-order valence-electron chi connectivity index (χ2n) is 10.8. The molecule has 0 aliphatic heterocycles. The highest BCUT2D eigenvalue weighted by Crippen LogP contribution is 2.40. The SMILES string of the molecule is COc1cc(C(=O)NC[C@@](O)(c2cccc(F)c2)c2cc(C(C)(C)O)c(F)c(-c3ccc(F)c(Cl)c3Cl)n2)cc2sc(C)nc12. The van der Waals surface area contributed by atoms with Gasteiger partial charge in [-0.05, 0) is 68.8 Å². The summed E-state index contributed by atoms with van der Waals surface area (Å²) < 4.78 is 50.8. The fourth-order valence-corrected chi connectivity index (χ4v) is 6.16. The number of hydrogen-bond acceptors (Lipinski definition) is 7. The van der Waals surface area contributed by atoms with Gasteiger partial charge < -0.3 is 20.3 Å². The largest absolute Gasteiger partial charge is 0.494 e. The number of halogens is 5. The van der Waals surface area contributed by atoms with Crippen LogP contribution in [0.5, 0.6) is 5.75 Å². The molecule has 3 aromatic carbocycles. The Hall–Kier alpha value is -3.74. The molecule has 0 bridgehead atoms. The first-order valence-electron chi connectivity index (χ1n) is 13.4. The lowest BCUT2D eigenvalue weighted by atomic mass is 9.86. The smallest absolute Gasteiger partial charge is 0.251 e. The van der Waals surface area contributed by atoms with E-state index >= 15 is 4.39 Å². The van der Waals surface area contributed by atoms with E-state index in [1.807, 2.05) is 6.92 Å². The maximum absolute atomic E-state index is 16.0. The Morgan fingerprint density at radius 2 is 1.76 bits per heavy atom. The van der Waals surface area contributed by atoms with Crippen molar-refractivity contribution in [3.05, 3.63) is 109 Å². The van der Waals surface area contributed by atoms with E-state index < -0.39 is 51.8 Å². The summed E-state index contributed by atoms with van der Waals surface area (Å²) in [4.78, 5) is 22.2. The summed E-state index contributed by atoms with van der Waals surface area (Å²) in [6.07, 6.45) is 0. The number of nitrogens with one attached hydrogen (secondary N) is 1. The van der Waals surface area contributed by atoms with Crippen LogP contribution in [0.15, 0.2) is 54.6 Å². The number of aryl methyl sites for hydroxylation is 1. The molecule has 234 valence electrons. The van der Waals surface area contributed by atoms with Gasteiger partial charge in [0.2, 0.25) is 0 Å². The van der Waals surface area contributed by atoms with Crippen LogP contribution < -0.4 is 10.1 Å². The standard InChI is InChI=1S/C32H26Cl2F3N3O4S/c1-15-39-29-22(44-4)10-16(11-23(29)45-15)30(41)38-14-32(43,17-6-5-7-18(35)12-17)24-13-20(31(2,3)42)27(37)28(40-24)19-8-9-21(36)26(34)25(19)33/h5-13,42-43H,14H2,1-4H3,(H,38,41)/t32-/m1/s1. The number of pyridine rings is 1. The van der Waals surface area contributed by atoms with Crippen molar-refractivity contribution in [3.63, 3.8) is 0 Å². The van der Waals surface area contributed by atoms with Gasteiger partial charge in [-0.2, -0.15) is 0 Å². The highest BCUT2D eigenvalue weighted by molar-refractivity contribution is 7.18. The minimum absolute atomic E-state index is 0.0381. The molecule has 0 unspecified atom stereocenters. The van der Waals surface area contributed by atoms with E-state index in [0.717, 1.165) is 35.3 Å². The average Bonchev–Trinajstić information content (AvgIpc) is 3.38. The van der Waals surface area contributed by atoms with Gasteiger partial charge in [-0.1, -0.05) is 35.3 Å². The molecular weight excluding hydrogens is 650 g/mol. The number of rotatable bonds is 8. The van der Waals surface area contributed by atoms with E-state index in [0.29, 0.717) is 16.0 Å². The van der Waals surface area contributed by atoms with Gasteiger partial charge in [0.25, 0.3) is 5.91 Å². The first-order valence-corrected chi connectivity index (χ1v) is 15.0. The predicted octanol–water partition coefficient (Wildman–Crippen LogP) is 7.29. The van der Waals surface area contributed by atoms with Crippen LogP contribution >= 0.6 is 34.5 Å². The minimum atomic E-state index is -2.29. The summed E-state index contributed by atoms with van der Waals surface area (Å²) in [5.41, 5.74) is -4.53. The molecule has 2 aromatic heterocycles. The van der Waals surface area contributed by atoms with Crippen LogP contribution in [0.4, 0.5) is 13.2 Å². The Balaban J connectivity index is 1.66. The number of aliphatic hydroxyl groups is 2. The van der Waals surface area contributed by atoms with Crippen LogP contribution in [-0.2, 0) is 11.2 Å². The van der Waals surface area contributed by atoms with Crippen molar-refractivity contribution >= 4 is 50.7 Å². The van der Waals surface area contributed by atoms with Crippen LogP contribution in [0.3, 0.4) is 0 Å². The van der Waals surface area contributed by atoms with Crippen molar-refractivity contribution < 1.29 is 32.9 Å². The zero-order valence-corrected chi connectivity index (χ0v) is 26.6. The zero-order chi connectivity index (χ0) is 32.8. The molecule has 5 rings (SSSR count). The van der Waals surface area contributed by atoms with Gasteiger partial charge >= 0.3 is 0 Å². The molecule has 0 aliphatic carbocycles. The lowest BCUT2D eigenvalue weighted by Gasteiger charge is -2.31. The van der Waals surface area contributed by atoms with Crippen molar-refractivity contribution in [1.82, 2.24) is 15.3 Å². The molecule has 7 nitrogen and oxygen atoms in total. The van der Waals surface area contributed by atoms with E-state index in [1.54, 1.807) is 6.07 Å². The van der Waals surface area contributed by atoms with Gasteiger partial charge in [0, 0.05) is 16.7 Å². The zero-order valence-electron chi connectivity index (χ0n) is 24.3. The van der Waals surface area contributed by atoms with Crippen molar-refractivity contribution in [2.75, 3.05) is 13.7 Å². The normalized spacial score (nSPS) is 13.1. The Morgan fingerprint density at radius 1 is 1.02 bits per heavy atom. The predicted molar refractivity (Wildman–Crippen MR) is 167 cm³/mol. The third kappa shape index (κ3) is 6.23. The van der Waals surface area contributed by atoms with Gasteiger partial charge in [-0.15, -0.1) is 11.3 Å². The summed E-state index contributed by atoms with van der Waals surface area (Å²) in [5.74, 6) is -2.81. The van der Waals surface area contributed by atoms with Gasteiger partial charge in [-0.25, -0.2) is 23.1 Å². The number of carbonyl (C=O) groups is 1.